The third kappa shape index (κ3) is 3.58. The van der Waals surface area contributed by atoms with E-state index in [1.54, 1.807) is 12.4 Å². The molecule has 1 aromatic heterocycles. The van der Waals surface area contributed by atoms with Crippen molar-refractivity contribution in [1.29, 1.82) is 0 Å². The van der Waals surface area contributed by atoms with Crippen LogP contribution in [-0.4, -0.2) is 41.1 Å². The van der Waals surface area contributed by atoms with Crippen molar-refractivity contribution in [2.45, 2.75) is 11.3 Å². The molecular formula is C12H13N3O5S. The number of nitrogens with zero attached hydrogens (tertiary/aromatic N) is 1. The standard InChI is InChI=1S/C12H13N3O5S/c16-10-2-1-8(7-9(10)12(17)18)21(19,20)15-4-3-11-13-5-6-14-11/h1-2,5-7,15-16H,3-4H2,(H,13,14)(H,17,18). The summed E-state index contributed by atoms with van der Waals surface area (Å²) in [5.74, 6) is -1.26. The predicted octanol–water partition coefficient (Wildman–Crippen LogP) is 0.334. The number of sulfonamides is 1. The van der Waals surface area contributed by atoms with E-state index in [-0.39, 0.29) is 11.4 Å². The fraction of sp³-hybridized carbons (Fsp3) is 0.167. The van der Waals surface area contributed by atoms with Gasteiger partial charge in [0.25, 0.3) is 0 Å². The molecule has 0 fully saturated rings. The average Bonchev–Trinajstić information content (AvgIpc) is 2.91. The molecule has 21 heavy (non-hydrogen) atoms. The van der Waals surface area contributed by atoms with Gasteiger partial charge in [-0.25, -0.2) is 22.9 Å². The normalized spacial score (nSPS) is 11.4. The smallest absolute Gasteiger partial charge is 0.339 e. The third-order valence-electron chi connectivity index (χ3n) is 2.72. The van der Waals surface area contributed by atoms with Crippen molar-refractivity contribution in [3.63, 3.8) is 0 Å². The monoisotopic (exact) mass is 311 g/mol. The second-order valence-electron chi connectivity index (χ2n) is 4.17. The van der Waals surface area contributed by atoms with Gasteiger partial charge in [-0.15, -0.1) is 0 Å². The van der Waals surface area contributed by atoms with Gasteiger partial charge in [-0.1, -0.05) is 0 Å². The van der Waals surface area contributed by atoms with Crippen LogP contribution in [0.1, 0.15) is 16.2 Å². The van der Waals surface area contributed by atoms with Crippen molar-refractivity contribution in [1.82, 2.24) is 14.7 Å². The van der Waals surface area contributed by atoms with E-state index in [0.717, 1.165) is 18.2 Å². The van der Waals surface area contributed by atoms with Gasteiger partial charge < -0.3 is 15.2 Å². The number of carboxylic acids is 1. The number of phenols is 1. The summed E-state index contributed by atoms with van der Waals surface area (Å²) in [5, 5.41) is 18.2. The first-order valence-corrected chi connectivity index (χ1v) is 7.43. The van der Waals surface area contributed by atoms with E-state index in [1.807, 2.05) is 0 Å². The van der Waals surface area contributed by atoms with Gasteiger partial charge in [0.1, 0.15) is 17.1 Å². The third-order valence-corrected chi connectivity index (χ3v) is 4.18. The van der Waals surface area contributed by atoms with Crippen LogP contribution in [0.3, 0.4) is 0 Å². The van der Waals surface area contributed by atoms with Gasteiger partial charge in [-0.2, -0.15) is 0 Å². The van der Waals surface area contributed by atoms with Crippen molar-refractivity contribution in [2.75, 3.05) is 6.54 Å². The van der Waals surface area contributed by atoms with Crippen LogP contribution in [0, 0.1) is 0 Å². The maximum Gasteiger partial charge on any atom is 0.339 e. The molecule has 1 aromatic carbocycles. The molecule has 9 heteroatoms. The molecule has 0 saturated carbocycles. The van der Waals surface area contributed by atoms with Crippen LogP contribution < -0.4 is 4.72 Å². The average molecular weight is 311 g/mol. The summed E-state index contributed by atoms with van der Waals surface area (Å²) in [6.07, 6.45) is 3.56. The van der Waals surface area contributed by atoms with Gasteiger partial charge in [-0.05, 0) is 18.2 Å². The minimum absolute atomic E-state index is 0.110. The van der Waals surface area contributed by atoms with Crippen LogP contribution in [0.5, 0.6) is 5.75 Å². The number of hydrogen-bond acceptors (Lipinski definition) is 5. The first-order chi connectivity index (χ1) is 9.90. The van der Waals surface area contributed by atoms with E-state index < -0.39 is 27.3 Å². The Hall–Kier alpha value is -2.39. The van der Waals surface area contributed by atoms with E-state index in [1.165, 1.54) is 0 Å². The number of imidazole rings is 1. The number of hydrogen-bond donors (Lipinski definition) is 4. The second kappa shape index (κ2) is 5.94. The summed E-state index contributed by atoms with van der Waals surface area (Å²) >= 11 is 0. The number of aromatic nitrogens is 2. The van der Waals surface area contributed by atoms with Crippen LogP contribution in [0.15, 0.2) is 35.5 Å². The number of nitrogens with one attached hydrogen (secondary N) is 2. The van der Waals surface area contributed by atoms with Crippen LogP contribution in [0.25, 0.3) is 0 Å². The summed E-state index contributed by atoms with van der Waals surface area (Å²) in [6, 6.07) is 3.08. The molecule has 0 aliphatic heterocycles. The van der Waals surface area contributed by atoms with Crippen molar-refractivity contribution in [3.05, 3.63) is 42.0 Å². The molecule has 8 nitrogen and oxygen atoms in total. The number of rotatable bonds is 6. The Morgan fingerprint density at radius 2 is 2.14 bits per heavy atom. The Kier molecular flexibility index (Phi) is 4.24. The highest BCUT2D eigenvalue weighted by atomic mass is 32.2. The molecule has 2 rings (SSSR count). The lowest BCUT2D eigenvalue weighted by molar-refractivity contribution is 0.0693. The molecule has 0 atom stereocenters. The van der Waals surface area contributed by atoms with Gasteiger partial charge in [0.05, 0.1) is 4.90 Å². The number of carboxylic acid groups (broad SMARTS) is 1. The molecule has 0 aliphatic carbocycles. The number of carbonyl (C=O) groups is 1. The minimum atomic E-state index is -3.85. The van der Waals surface area contributed by atoms with E-state index in [2.05, 4.69) is 14.7 Å². The molecule has 1 heterocycles. The fourth-order valence-electron chi connectivity index (χ4n) is 1.68. The lowest BCUT2D eigenvalue weighted by Gasteiger charge is -2.07. The van der Waals surface area contributed by atoms with Crippen molar-refractivity contribution < 1.29 is 23.4 Å². The summed E-state index contributed by atoms with van der Waals surface area (Å²) in [7, 11) is -3.85. The summed E-state index contributed by atoms with van der Waals surface area (Å²) in [5.41, 5.74) is -0.469. The fourth-order valence-corrected chi connectivity index (χ4v) is 2.73. The summed E-state index contributed by atoms with van der Waals surface area (Å²) in [6.45, 7) is 0.110. The van der Waals surface area contributed by atoms with Crippen LogP contribution in [-0.2, 0) is 16.4 Å². The maximum atomic E-state index is 12.0. The Morgan fingerprint density at radius 1 is 1.38 bits per heavy atom. The van der Waals surface area contributed by atoms with Gasteiger partial charge >= 0.3 is 5.97 Å². The van der Waals surface area contributed by atoms with Gasteiger partial charge in [0.15, 0.2) is 0 Å². The zero-order chi connectivity index (χ0) is 15.5. The first-order valence-electron chi connectivity index (χ1n) is 5.94. The molecule has 0 radical (unpaired) electrons. The maximum absolute atomic E-state index is 12.0. The summed E-state index contributed by atoms with van der Waals surface area (Å²) < 4.78 is 26.4. The highest BCUT2D eigenvalue weighted by molar-refractivity contribution is 7.89. The largest absolute Gasteiger partial charge is 0.507 e. The van der Waals surface area contributed by atoms with Crippen molar-refractivity contribution in [2.24, 2.45) is 0 Å². The lowest BCUT2D eigenvalue weighted by Crippen LogP contribution is -2.26. The van der Waals surface area contributed by atoms with Crippen LogP contribution in [0.4, 0.5) is 0 Å². The zero-order valence-corrected chi connectivity index (χ0v) is 11.6. The molecule has 112 valence electrons. The Morgan fingerprint density at radius 3 is 2.76 bits per heavy atom. The predicted molar refractivity (Wildman–Crippen MR) is 72.5 cm³/mol. The summed E-state index contributed by atoms with van der Waals surface area (Å²) in [4.78, 5) is 17.5. The minimum Gasteiger partial charge on any atom is -0.507 e. The second-order valence-corrected chi connectivity index (χ2v) is 5.93. The Labute approximate surface area is 120 Å². The van der Waals surface area contributed by atoms with E-state index >= 15 is 0 Å². The van der Waals surface area contributed by atoms with Crippen LogP contribution in [0.2, 0.25) is 0 Å². The van der Waals surface area contributed by atoms with E-state index in [4.69, 9.17) is 5.11 Å². The number of H-pyrrole nitrogens is 1. The van der Waals surface area contributed by atoms with Gasteiger partial charge in [0.2, 0.25) is 10.0 Å². The zero-order valence-electron chi connectivity index (χ0n) is 10.8. The highest BCUT2D eigenvalue weighted by Gasteiger charge is 2.18. The Bertz CT molecular complexity index is 740. The van der Waals surface area contributed by atoms with E-state index in [0.29, 0.717) is 12.2 Å². The number of aromatic hydroxyl groups is 1. The quantitative estimate of drug-likeness (QED) is 0.608. The van der Waals surface area contributed by atoms with Crippen molar-refractivity contribution in [3.8, 4) is 5.75 Å². The van der Waals surface area contributed by atoms with Gasteiger partial charge in [0, 0.05) is 25.4 Å². The number of aromatic carboxylic acids is 1. The topological polar surface area (TPSA) is 132 Å². The highest BCUT2D eigenvalue weighted by Crippen LogP contribution is 2.21. The molecular weight excluding hydrogens is 298 g/mol. The Balaban J connectivity index is 2.12. The number of aromatic amines is 1. The molecule has 0 unspecified atom stereocenters. The molecule has 0 aliphatic rings. The molecule has 0 saturated heterocycles. The first kappa shape index (κ1) is 15.0. The molecule has 0 amide bonds. The molecule has 0 bridgehead atoms. The SMILES string of the molecule is O=C(O)c1cc(S(=O)(=O)NCCc2ncc[nH]2)ccc1O. The van der Waals surface area contributed by atoms with Gasteiger partial charge in [-0.3, -0.25) is 0 Å². The molecule has 2 aromatic rings. The number of benzene rings is 1. The van der Waals surface area contributed by atoms with Crippen LogP contribution >= 0.6 is 0 Å². The molecule has 0 spiro atoms. The molecule has 4 N–H and O–H groups in total. The van der Waals surface area contributed by atoms with E-state index in [9.17, 15) is 18.3 Å². The van der Waals surface area contributed by atoms with Crippen molar-refractivity contribution >= 4 is 16.0 Å². The lowest BCUT2D eigenvalue weighted by atomic mass is 10.2.